The molecule has 0 bridgehead atoms. The van der Waals surface area contributed by atoms with Crippen LogP contribution < -0.4 is 15.0 Å². The van der Waals surface area contributed by atoms with Gasteiger partial charge in [-0.3, -0.25) is 9.59 Å². The van der Waals surface area contributed by atoms with E-state index in [1.807, 2.05) is 13.8 Å². The van der Waals surface area contributed by atoms with E-state index < -0.39 is 17.8 Å². The highest BCUT2D eigenvalue weighted by atomic mass is 35.5. The van der Waals surface area contributed by atoms with Crippen molar-refractivity contribution in [1.82, 2.24) is 0 Å². The van der Waals surface area contributed by atoms with Crippen molar-refractivity contribution in [3.05, 3.63) is 97.1 Å². The van der Waals surface area contributed by atoms with Crippen molar-refractivity contribution in [3.63, 3.8) is 0 Å². The highest BCUT2D eigenvalue weighted by Crippen LogP contribution is 2.33. The first kappa shape index (κ1) is 25.1. The molecule has 0 atom stereocenters. The fraction of sp³-hybridized carbons (Fsp3) is 0.0800. The Balaban J connectivity index is 1.49. The lowest BCUT2D eigenvalue weighted by molar-refractivity contribution is -0.120. The van der Waals surface area contributed by atoms with Gasteiger partial charge in [-0.1, -0.05) is 46.4 Å². The molecule has 0 fully saturated rings. The number of amides is 2. The number of carbonyl (C=O) groups excluding carboxylic acids is 3. The Morgan fingerprint density at radius 1 is 0.829 bits per heavy atom. The summed E-state index contributed by atoms with van der Waals surface area (Å²) in [6.07, 6.45) is 0. The molecule has 3 aromatic rings. The molecule has 6 nitrogen and oxygen atoms in total. The van der Waals surface area contributed by atoms with Gasteiger partial charge in [-0.15, -0.1) is 0 Å². The minimum absolute atomic E-state index is 0.116. The maximum Gasteiger partial charge on any atom is 0.343 e. The summed E-state index contributed by atoms with van der Waals surface area (Å²) in [5, 5.41) is 3.69. The highest BCUT2D eigenvalue weighted by molar-refractivity contribution is 6.53. The zero-order valence-electron chi connectivity index (χ0n) is 18.3. The van der Waals surface area contributed by atoms with E-state index in [1.165, 1.54) is 30.3 Å². The summed E-state index contributed by atoms with van der Waals surface area (Å²) in [6.45, 7) is 3.65. The van der Waals surface area contributed by atoms with Crippen molar-refractivity contribution in [3.8, 4) is 5.75 Å². The molecule has 1 N–H and O–H groups in total. The summed E-state index contributed by atoms with van der Waals surface area (Å²) in [6, 6.07) is 13.9. The number of rotatable bonds is 5. The number of hydrogen-bond acceptors (Lipinski definition) is 5. The molecule has 0 radical (unpaired) electrons. The Morgan fingerprint density at radius 2 is 1.40 bits per heavy atom. The van der Waals surface area contributed by atoms with Crippen LogP contribution in [-0.4, -0.2) is 17.8 Å². The number of ether oxygens (including phenoxy) is 1. The number of nitrogens with one attached hydrogen (secondary N) is 1. The summed E-state index contributed by atoms with van der Waals surface area (Å²) < 4.78 is 5.45. The first-order valence-electron chi connectivity index (χ1n) is 10.2. The Hall–Kier alpha value is -3.03. The molecule has 178 valence electrons. The predicted molar refractivity (Wildman–Crippen MR) is 138 cm³/mol. The highest BCUT2D eigenvalue weighted by Gasteiger charge is 2.39. The van der Waals surface area contributed by atoms with Gasteiger partial charge in [-0.2, -0.15) is 0 Å². The third-order valence-electron chi connectivity index (χ3n) is 5.14. The second-order valence-electron chi connectivity index (χ2n) is 7.73. The molecule has 0 unspecified atom stereocenters. The molecule has 1 heterocycles. The van der Waals surface area contributed by atoms with E-state index in [0.717, 1.165) is 16.0 Å². The number of carbonyl (C=O) groups is 3. The van der Waals surface area contributed by atoms with Gasteiger partial charge in [0.25, 0.3) is 11.8 Å². The molecule has 10 heteroatoms. The number of benzene rings is 3. The topological polar surface area (TPSA) is 75.7 Å². The zero-order chi connectivity index (χ0) is 25.4. The number of esters is 1. The summed E-state index contributed by atoms with van der Waals surface area (Å²) in [7, 11) is 0. The first-order chi connectivity index (χ1) is 16.5. The van der Waals surface area contributed by atoms with E-state index in [4.69, 9.17) is 51.1 Å². The standard InChI is InChI=1S/C25H16Cl4N2O4/c1-12-7-19(8-13(2)20(12)28)35-25(34)14-3-5-17(6-4-14)30-22-21(29)23(32)31(24(22)33)18-10-15(26)9-16(27)11-18/h3-11,30H,1-2H3. The van der Waals surface area contributed by atoms with E-state index in [1.54, 1.807) is 24.3 Å². The number of halogens is 4. The van der Waals surface area contributed by atoms with Gasteiger partial charge in [0.1, 0.15) is 16.5 Å². The van der Waals surface area contributed by atoms with E-state index in [9.17, 15) is 14.4 Å². The Bertz CT molecular complexity index is 1370. The molecule has 3 aromatic carbocycles. The maximum absolute atomic E-state index is 12.9. The molecular formula is C25H16Cl4N2O4. The van der Waals surface area contributed by atoms with Crippen LogP contribution in [0.1, 0.15) is 21.5 Å². The quantitative estimate of drug-likeness (QED) is 0.212. The monoisotopic (exact) mass is 548 g/mol. The molecule has 0 saturated heterocycles. The van der Waals surface area contributed by atoms with Gasteiger partial charge in [-0.05, 0) is 79.6 Å². The molecule has 1 aliphatic rings. The van der Waals surface area contributed by atoms with Gasteiger partial charge < -0.3 is 10.1 Å². The zero-order valence-corrected chi connectivity index (χ0v) is 21.3. The summed E-state index contributed by atoms with van der Waals surface area (Å²) in [5.74, 6) is -1.57. The predicted octanol–water partition coefficient (Wildman–Crippen LogP) is 6.92. The lowest BCUT2D eigenvalue weighted by Crippen LogP contribution is -2.32. The smallest absolute Gasteiger partial charge is 0.343 e. The summed E-state index contributed by atoms with van der Waals surface area (Å²) in [4.78, 5) is 39.0. The van der Waals surface area contributed by atoms with Gasteiger partial charge in [0.15, 0.2) is 0 Å². The van der Waals surface area contributed by atoms with Crippen molar-refractivity contribution in [2.45, 2.75) is 13.8 Å². The molecule has 2 amide bonds. The van der Waals surface area contributed by atoms with Crippen LogP contribution in [0.15, 0.2) is 65.3 Å². The second-order valence-corrected chi connectivity index (χ2v) is 9.35. The fourth-order valence-electron chi connectivity index (χ4n) is 3.48. The lowest BCUT2D eigenvalue weighted by Gasteiger charge is -2.16. The van der Waals surface area contributed by atoms with Crippen molar-refractivity contribution in [2.75, 3.05) is 10.2 Å². The average Bonchev–Trinajstić information content (AvgIpc) is 3.00. The number of aryl methyl sites for hydroxylation is 2. The molecule has 1 aliphatic heterocycles. The van der Waals surface area contributed by atoms with Crippen LogP contribution in [0.5, 0.6) is 5.75 Å². The minimum Gasteiger partial charge on any atom is -0.423 e. The van der Waals surface area contributed by atoms with E-state index in [-0.39, 0.29) is 32.0 Å². The van der Waals surface area contributed by atoms with Gasteiger partial charge in [0.05, 0.1) is 11.3 Å². The summed E-state index contributed by atoms with van der Waals surface area (Å²) >= 11 is 24.3. The Morgan fingerprint density at radius 3 is 1.97 bits per heavy atom. The molecule has 35 heavy (non-hydrogen) atoms. The molecule has 4 rings (SSSR count). The van der Waals surface area contributed by atoms with Crippen LogP contribution in [0.2, 0.25) is 15.1 Å². The van der Waals surface area contributed by atoms with Crippen LogP contribution in [0.4, 0.5) is 11.4 Å². The van der Waals surface area contributed by atoms with Crippen LogP contribution in [0.3, 0.4) is 0 Å². The third-order valence-corrected chi connectivity index (χ3v) is 6.53. The Labute approximate surface area is 221 Å². The van der Waals surface area contributed by atoms with Crippen molar-refractivity contribution in [1.29, 1.82) is 0 Å². The second kappa shape index (κ2) is 9.91. The summed E-state index contributed by atoms with van der Waals surface area (Å²) in [5.41, 5.74) is 2.38. The third kappa shape index (κ3) is 5.16. The molecule has 0 saturated carbocycles. The SMILES string of the molecule is Cc1cc(OC(=O)c2ccc(NC3=C(Cl)C(=O)N(c4cc(Cl)cc(Cl)c4)C3=O)cc2)cc(C)c1Cl. The normalized spacial score (nSPS) is 13.5. The maximum atomic E-state index is 12.9. The van der Waals surface area contributed by atoms with Crippen LogP contribution in [0, 0.1) is 13.8 Å². The van der Waals surface area contributed by atoms with E-state index >= 15 is 0 Å². The van der Waals surface area contributed by atoms with Gasteiger partial charge in [-0.25, -0.2) is 9.69 Å². The average molecular weight is 550 g/mol. The van der Waals surface area contributed by atoms with E-state index in [2.05, 4.69) is 5.32 Å². The molecule has 0 spiro atoms. The lowest BCUT2D eigenvalue weighted by atomic mass is 10.1. The van der Waals surface area contributed by atoms with Crippen LogP contribution >= 0.6 is 46.4 Å². The van der Waals surface area contributed by atoms with Gasteiger partial charge in [0.2, 0.25) is 0 Å². The fourth-order valence-corrected chi connectivity index (χ4v) is 4.32. The first-order valence-corrected chi connectivity index (χ1v) is 11.7. The van der Waals surface area contributed by atoms with Gasteiger partial charge >= 0.3 is 5.97 Å². The van der Waals surface area contributed by atoms with Crippen LogP contribution in [-0.2, 0) is 9.59 Å². The number of nitrogens with zero attached hydrogens (tertiary/aromatic N) is 1. The van der Waals surface area contributed by atoms with Crippen molar-refractivity contribution in [2.24, 2.45) is 0 Å². The van der Waals surface area contributed by atoms with Gasteiger partial charge in [0, 0.05) is 20.8 Å². The minimum atomic E-state index is -0.716. The Kier molecular flexibility index (Phi) is 7.10. The molecular weight excluding hydrogens is 534 g/mol. The van der Waals surface area contributed by atoms with E-state index in [0.29, 0.717) is 16.5 Å². The molecule has 0 aliphatic carbocycles. The largest absolute Gasteiger partial charge is 0.423 e. The number of hydrogen-bond donors (Lipinski definition) is 1. The number of anilines is 2. The number of imide groups is 1. The van der Waals surface area contributed by atoms with Crippen molar-refractivity contribution >= 4 is 75.6 Å². The van der Waals surface area contributed by atoms with Crippen LogP contribution in [0.25, 0.3) is 0 Å². The molecule has 0 aromatic heterocycles. The van der Waals surface area contributed by atoms with Crippen molar-refractivity contribution < 1.29 is 19.1 Å².